The molecule has 0 fully saturated rings. The van der Waals surface area contributed by atoms with Gasteiger partial charge in [0.15, 0.2) is 0 Å². The van der Waals surface area contributed by atoms with Gasteiger partial charge >= 0.3 is 0 Å². The maximum Gasteiger partial charge on any atom is 0.251 e. The van der Waals surface area contributed by atoms with Crippen molar-refractivity contribution in [1.29, 1.82) is 5.26 Å². The molecule has 24 heavy (non-hydrogen) atoms. The van der Waals surface area contributed by atoms with E-state index in [2.05, 4.69) is 16.7 Å². The lowest BCUT2D eigenvalue weighted by atomic mass is 10.1. The molecule has 0 saturated carbocycles. The van der Waals surface area contributed by atoms with Crippen LogP contribution in [-0.2, 0) is 11.3 Å². The molecule has 2 N–H and O–H groups in total. The van der Waals surface area contributed by atoms with Crippen LogP contribution in [0.1, 0.15) is 28.4 Å². The third kappa shape index (κ3) is 3.42. The Hall–Kier alpha value is -2.78. The van der Waals surface area contributed by atoms with Crippen molar-refractivity contribution in [3.8, 4) is 6.07 Å². The van der Waals surface area contributed by atoms with E-state index in [-0.39, 0.29) is 17.1 Å². The van der Waals surface area contributed by atoms with Crippen LogP contribution in [0, 0.1) is 11.3 Å². The molecular formula is C18H15N3O2S. The van der Waals surface area contributed by atoms with Gasteiger partial charge in [-0.05, 0) is 42.8 Å². The summed E-state index contributed by atoms with van der Waals surface area (Å²) in [6.45, 7) is 2.22. The highest BCUT2D eigenvalue weighted by Gasteiger charge is 2.23. The molecule has 0 aromatic heterocycles. The largest absolute Gasteiger partial charge is 0.348 e. The first-order valence-corrected chi connectivity index (χ1v) is 8.33. The number of nitrogens with one attached hydrogen (secondary N) is 2. The van der Waals surface area contributed by atoms with Gasteiger partial charge in [0.25, 0.3) is 5.91 Å². The van der Waals surface area contributed by atoms with Gasteiger partial charge in [0.2, 0.25) is 5.91 Å². The number of anilines is 1. The van der Waals surface area contributed by atoms with Crippen LogP contribution in [0.25, 0.3) is 0 Å². The van der Waals surface area contributed by atoms with Crippen molar-refractivity contribution in [2.75, 3.05) is 5.32 Å². The van der Waals surface area contributed by atoms with Gasteiger partial charge < -0.3 is 10.6 Å². The molecule has 2 aromatic carbocycles. The van der Waals surface area contributed by atoms with Crippen LogP contribution in [0.5, 0.6) is 0 Å². The number of fused-ring (bicyclic) bond motifs is 1. The van der Waals surface area contributed by atoms with E-state index in [4.69, 9.17) is 5.26 Å². The lowest BCUT2D eigenvalue weighted by Crippen LogP contribution is -2.27. The first kappa shape index (κ1) is 16.1. The molecule has 2 aromatic rings. The molecular weight excluding hydrogens is 322 g/mol. The molecule has 120 valence electrons. The molecule has 2 amide bonds. The number of hydrogen-bond donors (Lipinski definition) is 2. The predicted octanol–water partition coefficient (Wildman–Crippen LogP) is 2.92. The fourth-order valence-corrected chi connectivity index (χ4v) is 3.26. The van der Waals surface area contributed by atoms with Crippen molar-refractivity contribution in [3.63, 3.8) is 0 Å². The summed E-state index contributed by atoms with van der Waals surface area (Å²) in [5.74, 6) is -0.261. The second kappa shape index (κ2) is 6.77. The number of amides is 2. The number of nitrogens with zero attached hydrogens (tertiary/aromatic N) is 1. The average molecular weight is 337 g/mol. The van der Waals surface area contributed by atoms with Gasteiger partial charge in [0.05, 0.1) is 22.6 Å². The Labute approximate surface area is 144 Å². The zero-order valence-electron chi connectivity index (χ0n) is 13.0. The van der Waals surface area contributed by atoms with Gasteiger partial charge in [-0.1, -0.05) is 12.1 Å². The lowest BCUT2D eigenvalue weighted by Gasteiger charge is -2.21. The molecule has 1 aliphatic heterocycles. The van der Waals surface area contributed by atoms with E-state index in [1.54, 1.807) is 24.3 Å². The Balaban J connectivity index is 1.68. The van der Waals surface area contributed by atoms with E-state index in [1.807, 2.05) is 25.1 Å². The van der Waals surface area contributed by atoms with Gasteiger partial charge in [-0.3, -0.25) is 9.59 Å². The first-order chi connectivity index (χ1) is 11.6. The topological polar surface area (TPSA) is 82.0 Å². The minimum Gasteiger partial charge on any atom is -0.348 e. The number of benzene rings is 2. The number of nitriles is 1. The second-order valence-corrected chi connectivity index (χ2v) is 6.83. The van der Waals surface area contributed by atoms with E-state index in [1.165, 1.54) is 11.8 Å². The summed E-state index contributed by atoms with van der Waals surface area (Å²) in [7, 11) is 0. The van der Waals surface area contributed by atoms with Gasteiger partial charge in [0.1, 0.15) is 0 Å². The van der Waals surface area contributed by atoms with Crippen molar-refractivity contribution in [2.45, 2.75) is 23.6 Å². The van der Waals surface area contributed by atoms with Crippen LogP contribution in [0.3, 0.4) is 0 Å². The fourth-order valence-electron chi connectivity index (χ4n) is 2.33. The maximum absolute atomic E-state index is 12.3. The van der Waals surface area contributed by atoms with Crippen molar-refractivity contribution in [1.82, 2.24) is 5.32 Å². The van der Waals surface area contributed by atoms with Crippen LogP contribution in [0.2, 0.25) is 0 Å². The Morgan fingerprint density at radius 1 is 1.29 bits per heavy atom. The monoisotopic (exact) mass is 337 g/mol. The zero-order valence-corrected chi connectivity index (χ0v) is 13.8. The van der Waals surface area contributed by atoms with Gasteiger partial charge in [-0.2, -0.15) is 5.26 Å². The summed E-state index contributed by atoms with van der Waals surface area (Å²) in [5.41, 5.74) is 2.67. The number of hydrogen-bond acceptors (Lipinski definition) is 4. The van der Waals surface area contributed by atoms with Crippen LogP contribution in [-0.4, -0.2) is 17.1 Å². The van der Waals surface area contributed by atoms with E-state index in [9.17, 15) is 9.59 Å². The molecule has 0 radical (unpaired) electrons. The van der Waals surface area contributed by atoms with Crippen molar-refractivity contribution < 1.29 is 9.59 Å². The number of carbonyl (C=O) groups excluding carboxylic acids is 2. The number of rotatable bonds is 3. The Kier molecular flexibility index (Phi) is 4.54. The number of carbonyl (C=O) groups is 2. The molecule has 1 heterocycles. The minimum atomic E-state index is -0.208. The van der Waals surface area contributed by atoms with Gasteiger partial charge in [-0.25, -0.2) is 0 Å². The molecule has 0 aliphatic carbocycles. The van der Waals surface area contributed by atoms with Crippen molar-refractivity contribution in [3.05, 3.63) is 59.2 Å². The Morgan fingerprint density at radius 3 is 2.75 bits per heavy atom. The quantitative estimate of drug-likeness (QED) is 0.902. The molecule has 6 heteroatoms. The first-order valence-electron chi connectivity index (χ1n) is 7.45. The van der Waals surface area contributed by atoms with E-state index >= 15 is 0 Å². The van der Waals surface area contributed by atoms with Crippen LogP contribution in [0.15, 0.2) is 47.4 Å². The van der Waals surface area contributed by atoms with Crippen molar-refractivity contribution >= 4 is 29.3 Å². The third-order valence-corrected chi connectivity index (χ3v) is 4.89. The smallest absolute Gasteiger partial charge is 0.251 e. The fraction of sp³-hybridized carbons (Fsp3) is 0.167. The van der Waals surface area contributed by atoms with Crippen LogP contribution < -0.4 is 10.6 Å². The van der Waals surface area contributed by atoms with Gasteiger partial charge in [0, 0.05) is 17.0 Å². The summed E-state index contributed by atoms with van der Waals surface area (Å²) >= 11 is 1.48. The summed E-state index contributed by atoms with van der Waals surface area (Å²) in [6.07, 6.45) is 0. The summed E-state index contributed by atoms with van der Waals surface area (Å²) < 4.78 is 0. The standard InChI is InChI=1S/C18H15N3O2S/c1-11-17(22)21-15-8-14(6-7-16(15)24-11)18(23)20-10-13-4-2-12(9-19)3-5-13/h2-8,11H,10H2,1H3,(H,20,23)(H,21,22). The highest BCUT2D eigenvalue weighted by Crippen LogP contribution is 2.35. The maximum atomic E-state index is 12.3. The molecule has 0 saturated heterocycles. The Bertz CT molecular complexity index is 840. The summed E-state index contributed by atoms with van der Waals surface area (Å²) in [4.78, 5) is 25.0. The normalized spacial score (nSPS) is 15.8. The van der Waals surface area contributed by atoms with Crippen molar-refractivity contribution in [2.24, 2.45) is 0 Å². The predicted molar refractivity (Wildman–Crippen MR) is 92.7 cm³/mol. The molecule has 1 unspecified atom stereocenters. The highest BCUT2D eigenvalue weighted by atomic mass is 32.2. The third-order valence-electron chi connectivity index (χ3n) is 3.71. The molecule has 1 aliphatic rings. The molecule has 0 bridgehead atoms. The van der Waals surface area contributed by atoms with Crippen LogP contribution in [0.4, 0.5) is 5.69 Å². The van der Waals surface area contributed by atoms with E-state index in [0.717, 1.165) is 10.5 Å². The summed E-state index contributed by atoms with van der Waals surface area (Å²) in [6, 6.07) is 14.4. The Morgan fingerprint density at radius 2 is 2.04 bits per heavy atom. The minimum absolute atomic E-state index is 0.0531. The van der Waals surface area contributed by atoms with Crippen LogP contribution >= 0.6 is 11.8 Å². The molecule has 5 nitrogen and oxygen atoms in total. The average Bonchev–Trinajstić information content (AvgIpc) is 2.60. The van der Waals surface area contributed by atoms with E-state index in [0.29, 0.717) is 23.4 Å². The SMILES string of the molecule is CC1Sc2ccc(C(=O)NCc3ccc(C#N)cc3)cc2NC1=O. The second-order valence-electron chi connectivity index (χ2n) is 5.45. The lowest BCUT2D eigenvalue weighted by molar-refractivity contribution is -0.115. The molecule has 0 spiro atoms. The van der Waals surface area contributed by atoms with Gasteiger partial charge in [-0.15, -0.1) is 11.8 Å². The summed E-state index contributed by atoms with van der Waals surface area (Å²) in [5, 5.41) is 14.3. The van der Waals surface area contributed by atoms with E-state index < -0.39 is 0 Å². The molecule has 3 rings (SSSR count). The number of thioether (sulfide) groups is 1. The highest BCUT2D eigenvalue weighted by molar-refractivity contribution is 8.00. The molecule has 1 atom stereocenters. The zero-order chi connectivity index (χ0) is 17.1.